The van der Waals surface area contributed by atoms with Crippen LogP contribution in [-0.4, -0.2) is 42.4 Å². The first-order valence-electron chi connectivity index (χ1n) is 8.14. The molecule has 1 aromatic carbocycles. The van der Waals surface area contributed by atoms with Crippen LogP contribution >= 0.6 is 0 Å². The van der Waals surface area contributed by atoms with E-state index in [4.69, 9.17) is 4.74 Å². The molecule has 0 heterocycles. The molecule has 0 aliphatic heterocycles. The lowest BCUT2D eigenvalue weighted by molar-refractivity contribution is 0.0561. The third kappa shape index (κ3) is 5.01. The van der Waals surface area contributed by atoms with Gasteiger partial charge in [-0.3, -0.25) is 0 Å². The van der Waals surface area contributed by atoms with Gasteiger partial charge in [-0.25, -0.2) is 0 Å². The minimum atomic E-state index is -0.432. The topological polar surface area (TPSA) is 32.7 Å². The minimum absolute atomic E-state index is 0.361. The second kappa shape index (κ2) is 7.81. The first-order chi connectivity index (χ1) is 10.1. The first kappa shape index (κ1) is 16.3. The Morgan fingerprint density at radius 3 is 2.57 bits per heavy atom. The lowest BCUT2D eigenvalue weighted by Crippen LogP contribution is -2.40. The summed E-state index contributed by atoms with van der Waals surface area (Å²) in [7, 11) is 2.12. The van der Waals surface area contributed by atoms with Gasteiger partial charge in [-0.15, -0.1) is 0 Å². The van der Waals surface area contributed by atoms with Gasteiger partial charge in [0.2, 0.25) is 0 Å². The van der Waals surface area contributed by atoms with E-state index >= 15 is 0 Å². The average molecular weight is 291 g/mol. The molecule has 3 nitrogen and oxygen atoms in total. The van der Waals surface area contributed by atoms with E-state index in [1.54, 1.807) is 0 Å². The number of aliphatic hydroxyl groups is 1. The van der Waals surface area contributed by atoms with Gasteiger partial charge in [0.05, 0.1) is 0 Å². The van der Waals surface area contributed by atoms with Crippen LogP contribution in [0.15, 0.2) is 18.2 Å². The fourth-order valence-electron chi connectivity index (χ4n) is 3.05. The highest BCUT2D eigenvalue weighted by Gasteiger charge is 2.20. The molecular formula is C18H29NO2. The third-order valence-corrected chi connectivity index (χ3v) is 4.62. The highest BCUT2D eigenvalue weighted by atomic mass is 16.5. The van der Waals surface area contributed by atoms with Crippen molar-refractivity contribution in [2.45, 2.75) is 58.1 Å². The van der Waals surface area contributed by atoms with Crippen molar-refractivity contribution in [2.24, 2.45) is 0 Å². The standard InChI is InChI=1S/C18H29NO2/c1-14-9-10-18(11-15(14)2)21-13-17(20)12-19(3)16-7-5-4-6-8-16/h9-11,16-17,20H,4-8,12-13H2,1-3H3/t17-/m1/s1. The Balaban J connectivity index is 1.75. The first-order valence-corrected chi connectivity index (χ1v) is 8.14. The lowest BCUT2D eigenvalue weighted by atomic mass is 9.94. The largest absolute Gasteiger partial charge is 0.491 e. The summed E-state index contributed by atoms with van der Waals surface area (Å²) in [6, 6.07) is 6.70. The lowest BCUT2D eigenvalue weighted by Gasteiger charge is -2.32. The molecule has 1 saturated carbocycles. The predicted octanol–water partition coefficient (Wildman–Crippen LogP) is 3.31. The molecule has 0 bridgehead atoms. The van der Waals surface area contributed by atoms with E-state index in [1.165, 1.54) is 43.2 Å². The maximum atomic E-state index is 10.2. The summed E-state index contributed by atoms with van der Waals surface area (Å²) in [5.74, 6) is 0.845. The molecule has 1 aliphatic rings. The molecule has 0 aromatic heterocycles. The van der Waals surface area contributed by atoms with Gasteiger partial charge in [-0.05, 0) is 57.0 Å². The summed E-state index contributed by atoms with van der Waals surface area (Å²) in [4.78, 5) is 2.30. The van der Waals surface area contributed by atoms with Gasteiger partial charge in [0, 0.05) is 12.6 Å². The van der Waals surface area contributed by atoms with Gasteiger partial charge in [-0.1, -0.05) is 25.3 Å². The molecule has 2 rings (SSSR count). The van der Waals surface area contributed by atoms with Crippen molar-refractivity contribution >= 4 is 0 Å². The Labute approximate surface area is 128 Å². The van der Waals surface area contributed by atoms with Gasteiger partial charge in [0.15, 0.2) is 0 Å². The second-order valence-electron chi connectivity index (χ2n) is 6.44. The molecule has 0 unspecified atom stereocenters. The normalized spacial score (nSPS) is 18.0. The molecule has 0 spiro atoms. The van der Waals surface area contributed by atoms with Crippen molar-refractivity contribution in [2.75, 3.05) is 20.2 Å². The molecule has 3 heteroatoms. The Morgan fingerprint density at radius 1 is 1.19 bits per heavy atom. The third-order valence-electron chi connectivity index (χ3n) is 4.62. The highest BCUT2D eigenvalue weighted by Crippen LogP contribution is 2.22. The molecule has 0 saturated heterocycles. The summed E-state index contributed by atoms with van der Waals surface area (Å²) in [6.07, 6.45) is 6.11. The SMILES string of the molecule is Cc1ccc(OC[C@H](O)CN(C)C2CCCCC2)cc1C. The Kier molecular flexibility index (Phi) is 6.07. The smallest absolute Gasteiger partial charge is 0.119 e. The molecular weight excluding hydrogens is 262 g/mol. The van der Waals surface area contributed by atoms with E-state index in [1.807, 2.05) is 12.1 Å². The summed E-state index contributed by atoms with van der Waals surface area (Å²) < 4.78 is 5.72. The number of hydrogen-bond donors (Lipinski definition) is 1. The van der Waals surface area contributed by atoms with Crippen LogP contribution in [0.4, 0.5) is 0 Å². The van der Waals surface area contributed by atoms with Crippen molar-refractivity contribution in [1.29, 1.82) is 0 Å². The Morgan fingerprint density at radius 2 is 1.90 bits per heavy atom. The summed E-state index contributed by atoms with van der Waals surface area (Å²) >= 11 is 0. The van der Waals surface area contributed by atoms with Crippen molar-refractivity contribution < 1.29 is 9.84 Å². The summed E-state index contributed by atoms with van der Waals surface area (Å²) in [5, 5.41) is 10.2. The Bertz CT molecular complexity index is 441. The van der Waals surface area contributed by atoms with E-state index < -0.39 is 6.10 Å². The van der Waals surface area contributed by atoms with Gasteiger partial charge in [0.1, 0.15) is 18.5 Å². The number of hydrogen-bond acceptors (Lipinski definition) is 3. The molecule has 118 valence electrons. The number of rotatable bonds is 6. The van der Waals surface area contributed by atoms with E-state index in [-0.39, 0.29) is 0 Å². The average Bonchev–Trinajstić information content (AvgIpc) is 2.49. The van der Waals surface area contributed by atoms with Crippen LogP contribution in [0, 0.1) is 13.8 Å². The van der Waals surface area contributed by atoms with Crippen molar-refractivity contribution in [3.8, 4) is 5.75 Å². The highest BCUT2D eigenvalue weighted by molar-refractivity contribution is 5.33. The van der Waals surface area contributed by atoms with Gasteiger partial charge in [-0.2, -0.15) is 0 Å². The fraction of sp³-hybridized carbons (Fsp3) is 0.667. The van der Waals surface area contributed by atoms with E-state index in [0.29, 0.717) is 19.2 Å². The molecule has 0 amide bonds. The number of benzene rings is 1. The minimum Gasteiger partial charge on any atom is -0.491 e. The van der Waals surface area contributed by atoms with Gasteiger partial charge < -0.3 is 14.7 Å². The molecule has 0 radical (unpaired) electrons. The molecule has 1 N–H and O–H groups in total. The second-order valence-corrected chi connectivity index (χ2v) is 6.44. The van der Waals surface area contributed by atoms with Crippen LogP contribution in [0.2, 0.25) is 0 Å². The van der Waals surface area contributed by atoms with E-state index in [0.717, 1.165) is 5.75 Å². The van der Waals surface area contributed by atoms with Crippen LogP contribution in [-0.2, 0) is 0 Å². The molecule has 1 atom stereocenters. The van der Waals surface area contributed by atoms with Gasteiger partial charge >= 0.3 is 0 Å². The van der Waals surface area contributed by atoms with Crippen LogP contribution in [0.25, 0.3) is 0 Å². The molecule has 1 aromatic rings. The molecule has 1 fully saturated rings. The van der Waals surface area contributed by atoms with Crippen LogP contribution in [0.1, 0.15) is 43.2 Å². The molecule has 21 heavy (non-hydrogen) atoms. The monoisotopic (exact) mass is 291 g/mol. The fourth-order valence-corrected chi connectivity index (χ4v) is 3.05. The zero-order valence-electron chi connectivity index (χ0n) is 13.6. The number of likely N-dealkylation sites (N-methyl/N-ethyl adjacent to an activating group) is 1. The number of nitrogens with zero attached hydrogens (tertiary/aromatic N) is 1. The van der Waals surface area contributed by atoms with E-state index in [9.17, 15) is 5.11 Å². The quantitative estimate of drug-likeness (QED) is 0.873. The van der Waals surface area contributed by atoms with Crippen LogP contribution in [0.5, 0.6) is 5.75 Å². The van der Waals surface area contributed by atoms with Crippen LogP contribution in [0.3, 0.4) is 0 Å². The zero-order valence-corrected chi connectivity index (χ0v) is 13.6. The summed E-state index contributed by atoms with van der Waals surface area (Å²) in [5.41, 5.74) is 2.49. The van der Waals surface area contributed by atoms with Crippen molar-refractivity contribution in [1.82, 2.24) is 4.90 Å². The zero-order chi connectivity index (χ0) is 15.2. The molecule has 1 aliphatic carbocycles. The predicted molar refractivity (Wildman–Crippen MR) is 86.9 cm³/mol. The van der Waals surface area contributed by atoms with Crippen molar-refractivity contribution in [3.05, 3.63) is 29.3 Å². The summed E-state index contributed by atoms with van der Waals surface area (Å²) in [6.45, 7) is 5.22. The number of ether oxygens (including phenoxy) is 1. The Hall–Kier alpha value is -1.06. The van der Waals surface area contributed by atoms with Crippen molar-refractivity contribution in [3.63, 3.8) is 0 Å². The number of aryl methyl sites for hydroxylation is 2. The van der Waals surface area contributed by atoms with Gasteiger partial charge in [0.25, 0.3) is 0 Å². The maximum Gasteiger partial charge on any atom is 0.119 e. The maximum absolute atomic E-state index is 10.2. The number of aliphatic hydroxyl groups excluding tert-OH is 1. The van der Waals surface area contributed by atoms with E-state index in [2.05, 4.69) is 31.9 Å². The van der Waals surface area contributed by atoms with Crippen LogP contribution < -0.4 is 4.74 Å².